The van der Waals surface area contributed by atoms with E-state index in [2.05, 4.69) is 10.5 Å². The third-order valence-corrected chi connectivity index (χ3v) is 3.21. The van der Waals surface area contributed by atoms with E-state index < -0.39 is 0 Å². The van der Waals surface area contributed by atoms with Gasteiger partial charge in [0.1, 0.15) is 5.76 Å². The molecule has 2 aromatic rings. The zero-order valence-corrected chi connectivity index (χ0v) is 13.0. The predicted molar refractivity (Wildman–Crippen MR) is 82.4 cm³/mol. The molecule has 0 spiro atoms. The molecule has 22 heavy (non-hydrogen) atoms. The smallest absolute Gasteiger partial charge is 0.225 e. The Hall–Kier alpha value is -2.50. The molecule has 1 heterocycles. The maximum atomic E-state index is 11.8. The summed E-state index contributed by atoms with van der Waals surface area (Å²) in [6.07, 6.45) is 1.93. The molecule has 1 amide bonds. The van der Waals surface area contributed by atoms with E-state index in [4.69, 9.17) is 14.0 Å². The summed E-state index contributed by atoms with van der Waals surface area (Å²) in [5, 5.41) is 6.43. The minimum Gasteiger partial charge on any atom is -0.493 e. The average molecular weight is 304 g/mol. The molecule has 6 heteroatoms. The van der Waals surface area contributed by atoms with Crippen molar-refractivity contribution in [2.24, 2.45) is 0 Å². The lowest BCUT2D eigenvalue weighted by atomic mass is 10.1. The van der Waals surface area contributed by atoms with Crippen LogP contribution in [0.15, 0.2) is 28.8 Å². The topological polar surface area (TPSA) is 73.6 Å². The lowest BCUT2D eigenvalue weighted by Crippen LogP contribution is -2.11. The van der Waals surface area contributed by atoms with Crippen LogP contribution in [0.4, 0.5) is 5.82 Å². The van der Waals surface area contributed by atoms with Crippen molar-refractivity contribution in [1.29, 1.82) is 0 Å². The van der Waals surface area contributed by atoms with Gasteiger partial charge in [-0.05, 0) is 37.5 Å². The quantitative estimate of drug-likeness (QED) is 0.851. The number of nitrogens with zero attached hydrogens (tertiary/aromatic N) is 1. The van der Waals surface area contributed by atoms with Gasteiger partial charge in [-0.1, -0.05) is 11.2 Å². The Kier molecular flexibility index (Phi) is 5.41. The average Bonchev–Trinajstić information content (AvgIpc) is 2.92. The third kappa shape index (κ3) is 4.25. The van der Waals surface area contributed by atoms with Gasteiger partial charge in [0.15, 0.2) is 17.3 Å². The number of benzene rings is 1. The fraction of sp³-hybridized carbons (Fsp3) is 0.375. The molecule has 0 bridgehead atoms. The molecule has 2 rings (SSSR count). The van der Waals surface area contributed by atoms with E-state index in [-0.39, 0.29) is 5.91 Å². The van der Waals surface area contributed by atoms with Gasteiger partial charge in [-0.15, -0.1) is 0 Å². The van der Waals surface area contributed by atoms with E-state index in [1.807, 2.05) is 18.2 Å². The molecule has 118 valence electrons. The van der Waals surface area contributed by atoms with Gasteiger partial charge in [0.2, 0.25) is 5.91 Å². The molecule has 0 radical (unpaired) electrons. The molecule has 0 saturated carbocycles. The van der Waals surface area contributed by atoms with E-state index in [0.717, 1.165) is 18.4 Å². The minimum atomic E-state index is -0.0752. The zero-order valence-electron chi connectivity index (χ0n) is 13.0. The number of carbonyl (C=O) groups excluding carboxylic acids is 1. The predicted octanol–water partition coefficient (Wildman–Crippen LogP) is 2.96. The van der Waals surface area contributed by atoms with Gasteiger partial charge in [0.25, 0.3) is 0 Å². The molecule has 0 aliphatic rings. The summed E-state index contributed by atoms with van der Waals surface area (Å²) in [4.78, 5) is 11.8. The van der Waals surface area contributed by atoms with Gasteiger partial charge in [0, 0.05) is 12.5 Å². The van der Waals surface area contributed by atoms with Crippen LogP contribution >= 0.6 is 0 Å². The Morgan fingerprint density at radius 1 is 1.23 bits per heavy atom. The van der Waals surface area contributed by atoms with Crippen molar-refractivity contribution in [3.05, 3.63) is 35.6 Å². The number of hydrogen-bond acceptors (Lipinski definition) is 5. The van der Waals surface area contributed by atoms with E-state index >= 15 is 0 Å². The highest BCUT2D eigenvalue weighted by Crippen LogP contribution is 2.28. The Balaban J connectivity index is 1.82. The highest BCUT2D eigenvalue weighted by Gasteiger charge is 2.08. The van der Waals surface area contributed by atoms with Crippen molar-refractivity contribution in [2.75, 3.05) is 19.5 Å². The first-order valence-corrected chi connectivity index (χ1v) is 7.06. The number of methoxy groups -OCH3 is 2. The van der Waals surface area contributed by atoms with E-state index in [1.54, 1.807) is 27.2 Å². The number of hydrogen-bond donors (Lipinski definition) is 1. The van der Waals surface area contributed by atoms with Crippen LogP contribution in [0, 0.1) is 6.92 Å². The van der Waals surface area contributed by atoms with Crippen molar-refractivity contribution < 1.29 is 18.8 Å². The van der Waals surface area contributed by atoms with Gasteiger partial charge in [-0.3, -0.25) is 4.79 Å². The number of ether oxygens (including phenoxy) is 2. The largest absolute Gasteiger partial charge is 0.493 e. The first kappa shape index (κ1) is 15.9. The number of anilines is 1. The highest BCUT2D eigenvalue weighted by atomic mass is 16.5. The number of amides is 1. The molecule has 1 aromatic heterocycles. The first-order valence-electron chi connectivity index (χ1n) is 7.06. The van der Waals surface area contributed by atoms with Crippen LogP contribution in [0.2, 0.25) is 0 Å². The SMILES string of the molecule is COc1ccc(CCCC(=O)Nc2cc(C)on2)cc1OC. The van der Waals surface area contributed by atoms with Crippen LogP contribution in [-0.4, -0.2) is 25.3 Å². The first-order chi connectivity index (χ1) is 10.6. The van der Waals surface area contributed by atoms with Crippen LogP contribution in [-0.2, 0) is 11.2 Å². The minimum absolute atomic E-state index is 0.0752. The lowest BCUT2D eigenvalue weighted by molar-refractivity contribution is -0.116. The summed E-state index contributed by atoms with van der Waals surface area (Å²) < 4.78 is 15.4. The monoisotopic (exact) mass is 304 g/mol. The number of rotatable bonds is 7. The number of nitrogens with one attached hydrogen (secondary N) is 1. The summed E-state index contributed by atoms with van der Waals surface area (Å²) >= 11 is 0. The third-order valence-electron chi connectivity index (χ3n) is 3.21. The van der Waals surface area contributed by atoms with Crippen LogP contribution in [0.25, 0.3) is 0 Å². The maximum Gasteiger partial charge on any atom is 0.225 e. The molecule has 1 aromatic carbocycles. The highest BCUT2D eigenvalue weighted by molar-refractivity contribution is 5.89. The zero-order chi connectivity index (χ0) is 15.9. The summed E-state index contributed by atoms with van der Waals surface area (Å²) in [6.45, 7) is 1.78. The Morgan fingerprint density at radius 3 is 2.64 bits per heavy atom. The molecular formula is C16H20N2O4. The van der Waals surface area contributed by atoms with E-state index in [1.165, 1.54) is 0 Å². The molecular weight excluding hydrogens is 284 g/mol. The molecule has 1 N–H and O–H groups in total. The van der Waals surface area contributed by atoms with Gasteiger partial charge in [0.05, 0.1) is 14.2 Å². The number of carbonyl (C=O) groups is 1. The molecule has 0 atom stereocenters. The Morgan fingerprint density at radius 2 is 2.00 bits per heavy atom. The Bertz CT molecular complexity index is 637. The summed E-state index contributed by atoms with van der Waals surface area (Å²) in [5.74, 6) is 2.44. The summed E-state index contributed by atoms with van der Waals surface area (Å²) in [7, 11) is 3.21. The van der Waals surface area contributed by atoms with Gasteiger partial charge >= 0.3 is 0 Å². The van der Waals surface area contributed by atoms with E-state index in [9.17, 15) is 4.79 Å². The molecule has 6 nitrogen and oxygen atoms in total. The second kappa shape index (κ2) is 7.49. The second-order valence-electron chi connectivity index (χ2n) is 4.91. The molecule has 0 saturated heterocycles. The van der Waals surface area contributed by atoms with Gasteiger partial charge in [-0.25, -0.2) is 0 Å². The maximum absolute atomic E-state index is 11.8. The molecule has 0 unspecified atom stereocenters. The Labute approximate surface area is 129 Å². The van der Waals surface area contributed by atoms with Crippen molar-refractivity contribution in [3.8, 4) is 11.5 Å². The van der Waals surface area contributed by atoms with Crippen molar-refractivity contribution in [2.45, 2.75) is 26.2 Å². The van der Waals surface area contributed by atoms with Crippen molar-refractivity contribution in [3.63, 3.8) is 0 Å². The van der Waals surface area contributed by atoms with Crippen molar-refractivity contribution in [1.82, 2.24) is 5.16 Å². The van der Waals surface area contributed by atoms with Crippen LogP contribution in [0.1, 0.15) is 24.2 Å². The van der Waals surface area contributed by atoms with Crippen LogP contribution in [0.3, 0.4) is 0 Å². The van der Waals surface area contributed by atoms with Crippen LogP contribution in [0.5, 0.6) is 11.5 Å². The number of aromatic nitrogens is 1. The standard InChI is InChI=1S/C16H20N2O4/c1-11-9-15(18-22-11)17-16(19)6-4-5-12-7-8-13(20-2)14(10-12)21-3/h7-10H,4-6H2,1-3H3,(H,17,18,19). The summed E-state index contributed by atoms with van der Waals surface area (Å²) in [5.41, 5.74) is 1.10. The molecule has 0 aliphatic heterocycles. The van der Waals surface area contributed by atoms with E-state index in [0.29, 0.717) is 29.5 Å². The van der Waals surface area contributed by atoms with Crippen molar-refractivity contribution >= 4 is 11.7 Å². The fourth-order valence-corrected chi connectivity index (χ4v) is 2.12. The summed E-state index contributed by atoms with van der Waals surface area (Å²) in [6, 6.07) is 7.45. The number of aryl methyl sites for hydroxylation is 2. The van der Waals surface area contributed by atoms with Gasteiger partial charge in [-0.2, -0.15) is 0 Å². The van der Waals surface area contributed by atoms with Crippen LogP contribution < -0.4 is 14.8 Å². The molecule has 0 aliphatic carbocycles. The lowest BCUT2D eigenvalue weighted by Gasteiger charge is -2.09. The second-order valence-corrected chi connectivity index (χ2v) is 4.91. The fourth-order valence-electron chi connectivity index (χ4n) is 2.12. The molecule has 0 fully saturated rings. The van der Waals surface area contributed by atoms with Gasteiger partial charge < -0.3 is 19.3 Å². The normalized spacial score (nSPS) is 10.3.